The minimum Gasteiger partial charge on any atom is -0.497 e. The van der Waals surface area contributed by atoms with Gasteiger partial charge < -0.3 is 14.6 Å². The van der Waals surface area contributed by atoms with Crippen molar-refractivity contribution in [2.24, 2.45) is 0 Å². The molecule has 0 fully saturated rings. The molecule has 0 aliphatic rings. The molecule has 0 bridgehead atoms. The van der Waals surface area contributed by atoms with Crippen LogP contribution >= 0.6 is 0 Å². The van der Waals surface area contributed by atoms with Crippen LogP contribution in [0.3, 0.4) is 0 Å². The molecule has 0 unspecified atom stereocenters. The second-order valence-electron chi connectivity index (χ2n) is 6.25. The number of aliphatic hydroxyl groups excluding tert-OH is 1. The molecule has 2 aromatic rings. The van der Waals surface area contributed by atoms with Gasteiger partial charge in [0, 0.05) is 24.7 Å². The fourth-order valence-electron chi connectivity index (χ4n) is 2.49. The molecule has 0 saturated carbocycles. The summed E-state index contributed by atoms with van der Waals surface area (Å²) < 4.78 is 24.6. The Morgan fingerprint density at radius 2 is 1.68 bits per heavy atom. The van der Waals surface area contributed by atoms with Crippen molar-refractivity contribution in [3.8, 4) is 11.5 Å². The summed E-state index contributed by atoms with van der Waals surface area (Å²) in [6, 6.07) is 14.1. The molecular weight excluding hydrogens is 321 g/mol. The molecule has 2 aromatic carbocycles. The van der Waals surface area contributed by atoms with E-state index in [1.807, 2.05) is 24.8 Å². The van der Waals surface area contributed by atoms with Crippen molar-refractivity contribution in [1.29, 1.82) is 0 Å². The number of methoxy groups -OCH3 is 1. The quantitative estimate of drug-likeness (QED) is 0.754. The van der Waals surface area contributed by atoms with E-state index in [4.69, 9.17) is 9.47 Å². The average molecular weight is 347 g/mol. The minimum atomic E-state index is -0.670. The first-order valence-corrected chi connectivity index (χ1v) is 8.42. The summed E-state index contributed by atoms with van der Waals surface area (Å²) >= 11 is 0. The van der Waals surface area contributed by atoms with E-state index in [-0.39, 0.29) is 18.5 Å². The van der Waals surface area contributed by atoms with Crippen molar-refractivity contribution in [3.05, 3.63) is 59.9 Å². The highest BCUT2D eigenvalue weighted by molar-refractivity contribution is 5.31. The van der Waals surface area contributed by atoms with Gasteiger partial charge in [-0.1, -0.05) is 18.2 Å². The Morgan fingerprint density at radius 3 is 2.28 bits per heavy atom. The predicted octanol–water partition coefficient (Wildman–Crippen LogP) is 3.48. The van der Waals surface area contributed by atoms with Gasteiger partial charge in [0.15, 0.2) is 0 Å². The van der Waals surface area contributed by atoms with Gasteiger partial charge in [0.2, 0.25) is 0 Å². The molecule has 4 nitrogen and oxygen atoms in total. The van der Waals surface area contributed by atoms with Crippen LogP contribution in [0, 0.1) is 5.82 Å². The smallest absolute Gasteiger partial charge is 0.127 e. The van der Waals surface area contributed by atoms with Crippen LogP contribution in [0.4, 0.5) is 4.39 Å². The van der Waals surface area contributed by atoms with Gasteiger partial charge in [0.1, 0.15) is 30.0 Å². The molecule has 1 N–H and O–H groups in total. The van der Waals surface area contributed by atoms with Crippen LogP contribution in [0.15, 0.2) is 48.5 Å². The molecule has 1 atom stereocenters. The van der Waals surface area contributed by atoms with E-state index in [0.717, 1.165) is 5.75 Å². The molecule has 136 valence electrons. The highest BCUT2D eigenvalue weighted by Gasteiger charge is 2.17. The lowest BCUT2D eigenvalue weighted by Crippen LogP contribution is -2.39. The fraction of sp³-hybridized carbons (Fsp3) is 0.400. The summed E-state index contributed by atoms with van der Waals surface area (Å²) in [5.41, 5.74) is 0.625. The van der Waals surface area contributed by atoms with Crippen LogP contribution in [0.5, 0.6) is 11.5 Å². The maximum absolute atomic E-state index is 13.9. The topological polar surface area (TPSA) is 41.9 Å². The zero-order valence-corrected chi connectivity index (χ0v) is 15.0. The van der Waals surface area contributed by atoms with Crippen molar-refractivity contribution in [2.45, 2.75) is 32.5 Å². The van der Waals surface area contributed by atoms with E-state index in [0.29, 0.717) is 24.4 Å². The zero-order chi connectivity index (χ0) is 18.2. The summed E-state index contributed by atoms with van der Waals surface area (Å²) in [6.45, 7) is 5.08. The summed E-state index contributed by atoms with van der Waals surface area (Å²) in [6.07, 6.45) is -0.670. The maximum Gasteiger partial charge on any atom is 0.127 e. The Morgan fingerprint density at radius 1 is 1.04 bits per heavy atom. The standard InChI is InChI=1S/C20H26FNO3/c1-15(2)22(12-16-6-4-5-7-20(16)21)13-17(23)14-25-19-10-8-18(24-3)9-11-19/h4-11,15,17,23H,12-14H2,1-3H3/t17-/m1/s1. The number of halogens is 1. The lowest BCUT2D eigenvalue weighted by molar-refractivity contribution is 0.0538. The van der Waals surface area contributed by atoms with Gasteiger partial charge in [-0.2, -0.15) is 0 Å². The van der Waals surface area contributed by atoms with Crippen molar-refractivity contribution < 1.29 is 19.0 Å². The lowest BCUT2D eigenvalue weighted by Gasteiger charge is -2.29. The van der Waals surface area contributed by atoms with Gasteiger partial charge in [-0.25, -0.2) is 4.39 Å². The van der Waals surface area contributed by atoms with Gasteiger partial charge in [-0.05, 0) is 44.2 Å². The largest absolute Gasteiger partial charge is 0.497 e. The van der Waals surface area contributed by atoms with E-state index in [2.05, 4.69) is 0 Å². The van der Waals surface area contributed by atoms with Crippen molar-refractivity contribution in [2.75, 3.05) is 20.3 Å². The van der Waals surface area contributed by atoms with Crippen LogP contribution in [0.2, 0.25) is 0 Å². The number of hydrogen-bond acceptors (Lipinski definition) is 4. The number of aliphatic hydroxyl groups is 1. The third-order valence-corrected chi connectivity index (χ3v) is 4.01. The summed E-state index contributed by atoms with van der Waals surface area (Å²) in [5, 5.41) is 10.3. The molecule has 25 heavy (non-hydrogen) atoms. The molecule has 0 radical (unpaired) electrons. The number of benzene rings is 2. The van der Waals surface area contributed by atoms with Crippen molar-refractivity contribution >= 4 is 0 Å². The van der Waals surface area contributed by atoms with Gasteiger partial charge in [-0.3, -0.25) is 4.90 Å². The first-order valence-electron chi connectivity index (χ1n) is 8.42. The van der Waals surface area contributed by atoms with E-state index in [9.17, 15) is 9.50 Å². The van der Waals surface area contributed by atoms with Crippen LogP contribution in [-0.4, -0.2) is 42.4 Å². The van der Waals surface area contributed by atoms with E-state index >= 15 is 0 Å². The van der Waals surface area contributed by atoms with Gasteiger partial charge in [-0.15, -0.1) is 0 Å². The molecule has 0 aliphatic carbocycles. The van der Waals surface area contributed by atoms with Gasteiger partial charge in [0.05, 0.1) is 7.11 Å². The second kappa shape index (κ2) is 9.39. The molecule has 0 spiro atoms. The minimum absolute atomic E-state index is 0.173. The molecule has 2 rings (SSSR count). The Balaban J connectivity index is 1.88. The molecule has 0 amide bonds. The third kappa shape index (κ3) is 6.03. The van der Waals surface area contributed by atoms with E-state index in [1.165, 1.54) is 6.07 Å². The molecule has 0 saturated heterocycles. The van der Waals surface area contributed by atoms with Gasteiger partial charge >= 0.3 is 0 Å². The van der Waals surface area contributed by atoms with Crippen LogP contribution in [-0.2, 0) is 6.54 Å². The highest BCUT2D eigenvalue weighted by Crippen LogP contribution is 2.17. The maximum atomic E-state index is 13.9. The SMILES string of the molecule is COc1ccc(OC[C@H](O)CN(Cc2ccccc2F)C(C)C)cc1. The summed E-state index contributed by atoms with van der Waals surface area (Å²) in [4.78, 5) is 2.03. The molecular formula is C20H26FNO3. The number of hydrogen-bond donors (Lipinski definition) is 1. The highest BCUT2D eigenvalue weighted by atomic mass is 19.1. The summed E-state index contributed by atoms with van der Waals surface area (Å²) in [7, 11) is 1.61. The molecule has 0 heterocycles. The van der Waals surface area contributed by atoms with Crippen molar-refractivity contribution in [1.82, 2.24) is 4.90 Å². The average Bonchev–Trinajstić information content (AvgIpc) is 2.61. The lowest BCUT2D eigenvalue weighted by atomic mass is 10.1. The van der Waals surface area contributed by atoms with Crippen molar-refractivity contribution in [3.63, 3.8) is 0 Å². The van der Waals surface area contributed by atoms with Crippen LogP contribution < -0.4 is 9.47 Å². The number of ether oxygens (including phenoxy) is 2. The molecule has 0 aromatic heterocycles. The Hall–Kier alpha value is -2.11. The monoisotopic (exact) mass is 347 g/mol. The number of rotatable bonds is 9. The first kappa shape index (κ1) is 19.2. The fourth-order valence-corrected chi connectivity index (χ4v) is 2.49. The third-order valence-electron chi connectivity index (χ3n) is 4.01. The Kier molecular flexibility index (Phi) is 7.22. The Bertz CT molecular complexity index is 646. The molecule has 0 aliphatic heterocycles. The van der Waals surface area contributed by atoms with Crippen LogP contribution in [0.25, 0.3) is 0 Å². The van der Waals surface area contributed by atoms with Crippen LogP contribution in [0.1, 0.15) is 19.4 Å². The van der Waals surface area contributed by atoms with Gasteiger partial charge in [0.25, 0.3) is 0 Å². The second-order valence-corrected chi connectivity index (χ2v) is 6.25. The number of nitrogens with zero attached hydrogens (tertiary/aromatic N) is 1. The zero-order valence-electron chi connectivity index (χ0n) is 15.0. The first-order chi connectivity index (χ1) is 12.0. The molecule has 5 heteroatoms. The Labute approximate surface area is 148 Å². The normalized spacial score (nSPS) is 12.4. The van der Waals surface area contributed by atoms with E-state index in [1.54, 1.807) is 43.5 Å². The summed E-state index contributed by atoms with van der Waals surface area (Å²) in [5.74, 6) is 1.20. The van der Waals surface area contributed by atoms with E-state index < -0.39 is 6.10 Å². The predicted molar refractivity (Wildman–Crippen MR) is 96.4 cm³/mol.